The highest BCUT2D eigenvalue weighted by molar-refractivity contribution is 6.42. The molecular formula is C12H16Cl2N3O+. The van der Waals surface area contributed by atoms with E-state index in [-0.39, 0.29) is 5.91 Å². The molecule has 0 unspecified atom stereocenters. The summed E-state index contributed by atoms with van der Waals surface area (Å²) in [6.07, 6.45) is 1.52. The summed E-state index contributed by atoms with van der Waals surface area (Å²) >= 11 is 11.6. The number of hydrazone groups is 1. The molecule has 6 heteroatoms. The molecule has 0 radical (unpaired) electrons. The van der Waals surface area contributed by atoms with Gasteiger partial charge in [0.05, 0.1) is 37.4 Å². The second-order valence-electron chi connectivity index (χ2n) is 4.92. The summed E-state index contributed by atoms with van der Waals surface area (Å²) < 4.78 is 0.550. The van der Waals surface area contributed by atoms with Crippen molar-refractivity contribution >= 4 is 35.3 Å². The number of amides is 1. The summed E-state index contributed by atoms with van der Waals surface area (Å²) in [5, 5.41) is 4.81. The molecule has 1 aromatic rings. The quantitative estimate of drug-likeness (QED) is 0.515. The van der Waals surface area contributed by atoms with Crippen LogP contribution < -0.4 is 5.43 Å². The lowest BCUT2D eigenvalue weighted by Crippen LogP contribution is -2.43. The van der Waals surface area contributed by atoms with Crippen molar-refractivity contribution in [1.29, 1.82) is 0 Å². The molecule has 98 valence electrons. The van der Waals surface area contributed by atoms with E-state index in [1.807, 2.05) is 21.1 Å². The van der Waals surface area contributed by atoms with Gasteiger partial charge < -0.3 is 4.48 Å². The van der Waals surface area contributed by atoms with Crippen LogP contribution in [0.15, 0.2) is 23.3 Å². The lowest BCUT2D eigenvalue weighted by atomic mass is 10.2. The Bertz CT molecular complexity index is 467. The fourth-order valence-corrected chi connectivity index (χ4v) is 1.54. The van der Waals surface area contributed by atoms with Crippen molar-refractivity contribution in [2.45, 2.75) is 0 Å². The van der Waals surface area contributed by atoms with Gasteiger partial charge in [0, 0.05) is 0 Å². The normalized spacial score (nSPS) is 11.8. The van der Waals surface area contributed by atoms with Crippen LogP contribution >= 0.6 is 23.2 Å². The average molecular weight is 289 g/mol. The molecule has 0 aromatic heterocycles. The van der Waals surface area contributed by atoms with Gasteiger partial charge in [-0.1, -0.05) is 29.3 Å². The van der Waals surface area contributed by atoms with E-state index < -0.39 is 0 Å². The molecular weight excluding hydrogens is 273 g/mol. The van der Waals surface area contributed by atoms with Crippen molar-refractivity contribution in [1.82, 2.24) is 5.43 Å². The highest BCUT2D eigenvalue weighted by atomic mass is 35.5. The largest absolute Gasteiger partial charge is 0.323 e. The van der Waals surface area contributed by atoms with Crippen LogP contribution in [0.25, 0.3) is 0 Å². The average Bonchev–Trinajstić information content (AvgIpc) is 2.20. The molecule has 0 bridgehead atoms. The molecule has 1 amide bonds. The van der Waals surface area contributed by atoms with Crippen LogP contribution in [0, 0.1) is 0 Å². The molecule has 1 N–H and O–H groups in total. The summed E-state index contributed by atoms with van der Waals surface area (Å²) in [6, 6.07) is 5.13. The Morgan fingerprint density at radius 1 is 1.33 bits per heavy atom. The first-order valence-electron chi connectivity index (χ1n) is 5.35. The van der Waals surface area contributed by atoms with Gasteiger partial charge in [-0.2, -0.15) is 5.10 Å². The summed E-state index contributed by atoms with van der Waals surface area (Å²) in [7, 11) is 5.80. The zero-order chi connectivity index (χ0) is 13.8. The smallest absolute Gasteiger partial charge is 0.295 e. The first-order valence-corrected chi connectivity index (χ1v) is 6.11. The van der Waals surface area contributed by atoms with E-state index in [9.17, 15) is 4.79 Å². The van der Waals surface area contributed by atoms with Gasteiger partial charge in [-0.3, -0.25) is 4.79 Å². The number of benzene rings is 1. The third kappa shape index (κ3) is 5.49. The molecule has 1 rings (SSSR count). The van der Waals surface area contributed by atoms with Gasteiger partial charge in [-0.15, -0.1) is 0 Å². The predicted molar refractivity (Wildman–Crippen MR) is 75.1 cm³/mol. The van der Waals surface area contributed by atoms with Crippen molar-refractivity contribution < 1.29 is 9.28 Å². The summed E-state index contributed by atoms with van der Waals surface area (Å²) in [5.41, 5.74) is 3.23. The standard InChI is InChI=1S/C12H15Cl2N3O/c1-17(2,3)8-12(18)16-15-7-9-4-5-10(13)11(14)6-9/h4-7H,8H2,1-3H3/p+1/b15-7+. The predicted octanol–water partition coefficient (Wildman–Crippen LogP) is 2.15. The van der Waals surface area contributed by atoms with Crippen LogP contribution in [0.4, 0.5) is 0 Å². The van der Waals surface area contributed by atoms with Gasteiger partial charge in [0.2, 0.25) is 0 Å². The van der Waals surface area contributed by atoms with Gasteiger partial charge in [0.1, 0.15) is 0 Å². The van der Waals surface area contributed by atoms with E-state index in [1.54, 1.807) is 18.2 Å². The molecule has 1 aromatic carbocycles. The number of carbonyl (C=O) groups excluding carboxylic acids is 1. The van der Waals surface area contributed by atoms with E-state index in [1.165, 1.54) is 6.21 Å². The summed E-state index contributed by atoms with van der Waals surface area (Å²) in [4.78, 5) is 11.5. The topological polar surface area (TPSA) is 41.5 Å². The van der Waals surface area contributed by atoms with Crippen LogP contribution in [-0.4, -0.2) is 44.3 Å². The maximum atomic E-state index is 11.5. The number of nitrogens with zero attached hydrogens (tertiary/aromatic N) is 2. The number of halogens is 2. The second kappa shape index (κ2) is 6.18. The fraction of sp³-hybridized carbons (Fsp3) is 0.333. The van der Waals surface area contributed by atoms with Crippen molar-refractivity contribution in [3.05, 3.63) is 33.8 Å². The van der Waals surface area contributed by atoms with Crippen LogP contribution in [0.2, 0.25) is 10.0 Å². The van der Waals surface area contributed by atoms with Crippen LogP contribution in [0.3, 0.4) is 0 Å². The fourth-order valence-electron chi connectivity index (χ4n) is 1.24. The summed E-state index contributed by atoms with van der Waals surface area (Å²) in [5.74, 6) is -0.140. The third-order valence-corrected chi connectivity index (χ3v) is 2.70. The van der Waals surface area contributed by atoms with Gasteiger partial charge in [0.15, 0.2) is 6.54 Å². The van der Waals surface area contributed by atoms with E-state index in [4.69, 9.17) is 23.2 Å². The number of hydrogen-bond acceptors (Lipinski definition) is 2. The highest BCUT2D eigenvalue weighted by Gasteiger charge is 2.12. The molecule has 0 fully saturated rings. The number of hydrogen-bond donors (Lipinski definition) is 1. The number of quaternary nitrogens is 1. The van der Waals surface area contributed by atoms with Gasteiger partial charge in [-0.25, -0.2) is 5.43 Å². The van der Waals surface area contributed by atoms with Crippen molar-refractivity contribution in [2.24, 2.45) is 5.10 Å². The minimum absolute atomic E-state index is 0.140. The van der Waals surface area contributed by atoms with Gasteiger partial charge in [-0.05, 0) is 17.7 Å². The minimum Gasteiger partial charge on any atom is -0.323 e. The molecule has 18 heavy (non-hydrogen) atoms. The van der Waals surface area contributed by atoms with Crippen molar-refractivity contribution in [2.75, 3.05) is 27.7 Å². The van der Waals surface area contributed by atoms with Crippen LogP contribution in [-0.2, 0) is 4.79 Å². The first kappa shape index (κ1) is 15.0. The lowest BCUT2D eigenvalue weighted by molar-refractivity contribution is -0.862. The monoisotopic (exact) mass is 288 g/mol. The number of likely N-dealkylation sites (N-methyl/N-ethyl adjacent to an activating group) is 1. The Morgan fingerprint density at radius 2 is 2.00 bits per heavy atom. The molecule has 0 spiro atoms. The van der Waals surface area contributed by atoms with Gasteiger partial charge in [0.25, 0.3) is 5.91 Å². The molecule has 0 saturated heterocycles. The molecule has 0 aliphatic rings. The van der Waals surface area contributed by atoms with E-state index in [0.29, 0.717) is 21.1 Å². The lowest BCUT2D eigenvalue weighted by Gasteiger charge is -2.21. The first-order chi connectivity index (χ1) is 8.28. The molecule has 0 aliphatic heterocycles. The highest BCUT2D eigenvalue weighted by Crippen LogP contribution is 2.21. The molecule has 0 atom stereocenters. The maximum Gasteiger partial charge on any atom is 0.295 e. The second-order valence-corrected chi connectivity index (χ2v) is 5.73. The Hall–Kier alpha value is -1.10. The van der Waals surface area contributed by atoms with E-state index in [0.717, 1.165) is 5.56 Å². The van der Waals surface area contributed by atoms with E-state index in [2.05, 4.69) is 10.5 Å². The Kier molecular flexibility index (Phi) is 5.14. The zero-order valence-electron chi connectivity index (χ0n) is 10.6. The van der Waals surface area contributed by atoms with Crippen molar-refractivity contribution in [3.63, 3.8) is 0 Å². The number of rotatable bonds is 4. The molecule has 0 heterocycles. The Balaban J connectivity index is 2.55. The molecule has 4 nitrogen and oxygen atoms in total. The third-order valence-electron chi connectivity index (χ3n) is 1.96. The zero-order valence-corrected chi connectivity index (χ0v) is 12.1. The molecule has 0 saturated carbocycles. The van der Waals surface area contributed by atoms with E-state index >= 15 is 0 Å². The number of carbonyl (C=O) groups is 1. The van der Waals surface area contributed by atoms with Crippen LogP contribution in [0.5, 0.6) is 0 Å². The summed E-state index contributed by atoms with van der Waals surface area (Å²) in [6.45, 7) is 0.360. The SMILES string of the molecule is C[N+](C)(C)CC(=O)N/N=C/c1ccc(Cl)c(Cl)c1. The maximum absolute atomic E-state index is 11.5. The van der Waals surface area contributed by atoms with Crippen molar-refractivity contribution in [3.8, 4) is 0 Å². The van der Waals surface area contributed by atoms with Crippen LogP contribution in [0.1, 0.15) is 5.56 Å². The Morgan fingerprint density at radius 3 is 2.56 bits per heavy atom. The Labute approximate surface area is 117 Å². The van der Waals surface area contributed by atoms with Gasteiger partial charge >= 0.3 is 0 Å². The minimum atomic E-state index is -0.140. The molecule has 0 aliphatic carbocycles. The number of nitrogens with one attached hydrogen (secondary N) is 1.